The van der Waals surface area contributed by atoms with E-state index in [2.05, 4.69) is 5.32 Å². The van der Waals surface area contributed by atoms with Gasteiger partial charge in [-0.25, -0.2) is 0 Å². The maximum atomic E-state index is 13.1. The summed E-state index contributed by atoms with van der Waals surface area (Å²) in [5, 5.41) is 2.94. The third-order valence-electron chi connectivity index (χ3n) is 6.04. The Kier molecular flexibility index (Phi) is 9.73. The predicted octanol–water partition coefficient (Wildman–Crippen LogP) is 4.76. The number of methoxy groups -OCH3 is 1. The Bertz CT molecular complexity index is 1040. The fraction of sp³-hybridized carbons (Fsp3) is 0.429. The number of ether oxygens (including phenoxy) is 3. The summed E-state index contributed by atoms with van der Waals surface area (Å²) < 4.78 is 16.9. The number of benzene rings is 2. The Morgan fingerprint density at radius 1 is 1.20 bits per heavy atom. The van der Waals surface area contributed by atoms with Crippen molar-refractivity contribution in [2.45, 2.75) is 46.1 Å². The molecule has 0 radical (unpaired) electrons. The lowest BCUT2D eigenvalue weighted by Gasteiger charge is -2.24. The highest BCUT2D eigenvalue weighted by molar-refractivity contribution is 5.98. The quantitative estimate of drug-likeness (QED) is 0.469. The molecule has 188 valence electrons. The Morgan fingerprint density at radius 3 is 2.74 bits per heavy atom. The van der Waals surface area contributed by atoms with Gasteiger partial charge < -0.3 is 24.4 Å². The van der Waals surface area contributed by atoms with Gasteiger partial charge in [0, 0.05) is 24.9 Å². The number of carbonyl (C=O) groups is 2. The second-order valence-corrected chi connectivity index (χ2v) is 8.74. The second kappa shape index (κ2) is 13.0. The van der Waals surface area contributed by atoms with E-state index >= 15 is 0 Å². The maximum Gasteiger partial charge on any atom is 0.247 e. The Labute approximate surface area is 208 Å². The van der Waals surface area contributed by atoms with E-state index in [1.807, 2.05) is 57.2 Å². The molecule has 2 amide bonds. The van der Waals surface area contributed by atoms with Crippen LogP contribution in [0.15, 0.2) is 42.5 Å². The lowest BCUT2D eigenvalue weighted by Crippen LogP contribution is -2.41. The molecule has 1 aliphatic rings. The SMILES string of the molecule is CCCOc1ccc(/C=C/C(=O)N(CC(=O)Nc2cccc(C)c2C)CC2CCCO2)cc1OC. The molecule has 3 rings (SSSR count). The molecular weight excluding hydrogens is 444 g/mol. The molecule has 0 aliphatic carbocycles. The number of rotatable bonds is 11. The van der Waals surface area contributed by atoms with Gasteiger partial charge in [-0.3, -0.25) is 9.59 Å². The fourth-order valence-corrected chi connectivity index (χ4v) is 3.91. The number of amides is 2. The molecule has 1 saturated heterocycles. The number of hydrogen-bond acceptors (Lipinski definition) is 5. The summed E-state index contributed by atoms with van der Waals surface area (Å²) in [6, 6.07) is 11.3. The van der Waals surface area contributed by atoms with Crippen LogP contribution in [0.5, 0.6) is 11.5 Å². The van der Waals surface area contributed by atoms with Crippen LogP contribution < -0.4 is 14.8 Å². The first-order chi connectivity index (χ1) is 16.9. The molecule has 2 aromatic carbocycles. The first-order valence-corrected chi connectivity index (χ1v) is 12.2. The van der Waals surface area contributed by atoms with Crippen molar-refractivity contribution in [1.29, 1.82) is 0 Å². The first kappa shape index (κ1) is 26.3. The number of hydrogen-bond donors (Lipinski definition) is 1. The number of anilines is 1. The minimum Gasteiger partial charge on any atom is -0.493 e. The van der Waals surface area contributed by atoms with Crippen LogP contribution in [0, 0.1) is 13.8 Å². The van der Waals surface area contributed by atoms with E-state index in [-0.39, 0.29) is 24.5 Å². The average molecular weight is 481 g/mol. The summed E-state index contributed by atoms with van der Waals surface area (Å²) in [6.07, 6.45) is 5.89. The molecule has 1 N–H and O–H groups in total. The lowest BCUT2D eigenvalue weighted by molar-refractivity contribution is -0.131. The van der Waals surface area contributed by atoms with Crippen LogP contribution in [0.2, 0.25) is 0 Å². The summed E-state index contributed by atoms with van der Waals surface area (Å²) in [4.78, 5) is 27.5. The highest BCUT2D eigenvalue weighted by Crippen LogP contribution is 2.28. The van der Waals surface area contributed by atoms with Crippen molar-refractivity contribution in [2.75, 3.05) is 38.7 Å². The van der Waals surface area contributed by atoms with Crippen molar-refractivity contribution in [1.82, 2.24) is 4.90 Å². The highest BCUT2D eigenvalue weighted by atomic mass is 16.5. The normalized spacial score (nSPS) is 15.3. The zero-order valence-corrected chi connectivity index (χ0v) is 21.1. The number of carbonyl (C=O) groups excluding carboxylic acids is 2. The summed E-state index contributed by atoms with van der Waals surface area (Å²) in [5.74, 6) is 0.789. The molecule has 7 heteroatoms. The predicted molar refractivity (Wildman–Crippen MR) is 138 cm³/mol. The molecule has 7 nitrogen and oxygen atoms in total. The molecule has 0 aromatic heterocycles. The minimum absolute atomic E-state index is 0.0521. The van der Waals surface area contributed by atoms with Gasteiger partial charge in [0.15, 0.2) is 11.5 Å². The zero-order valence-electron chi connectivity index (χ0n) is 21.1. The van der Waals surface area contributed by atoms with E-state index in [4.69, 9.17) is 14.2 Å². The fourth-order valence-electron chi connectivity index (χ4n) is 3.91. The maximum absolute atomic E-state index is 13.1. The van der Waals surface area contributed by atoms with Crippen molar-refractivity contribution >= 4 is 23.6 Å². The number of nitrogens with one attached hydrogen (secondary N) is 1. The third kappa shape index (κ3) is 7.59. The Hall–Kier alpha value is -3.32. The van der Waals surface area contributed by atoms with Crippen molar-refractivity contribution < 1.29 is 23.8 Å². The molecule has 0 bridgehead atoms. The highest BCUT2D eigenvalue weighted by Gasteiger charge is 2.23. The summed E-state index contributed by atoms with van der Waals surface area (Å²) in [5.41, 5.74) is 3.67. The molecule has 2 aromatic rings. The van der Waals surface area contributed by atoms with Crippen molar-refractivity contribution in [2.24, 2.45) is 0 Å². The molecule has 1 heterocycles. The smallest absolute Gasteiger partial charge is 0.247 e. The summed E-state index contributed by atoms with van der Waals surface area (Å²) in [7, 11) is 1.59. The largest absolute Gasteiger partial charge is 0.493 e. The molecule has 1 fully saturated rings. The third-order valence-corrected chi connectivity index (χ3v) is 6.04. The van der Waals surface area contributed by atoms with Crippen molar-refractivity contribution in [3.05, 3.63) is 59.2 Å². The monoisotopic (exact) mass is 480 g/mol. The van der Waals surface area contributed by atoms with Gasteiger partial charge in [-0.05, 0) is 74.1 Å². The van der Waals surface area contributed by atoms with Crippen LogP contribution >= 0.6 is 0 Å². The van der Waals surface area contributed by atoms with Crippen molar-refractivity contribution in [3.63, 3.8) is 0 Å². The summed E-state index contributed by atoms with van der Waals surface area (Å²) in [6.45, 7) is 7.62. The van der Waals surface area contributed by atoms with Crippen LogP contribution in [0.1, 0.15) is 42.9 Å². The Morgan fingerprint density at radius 2 is 2.03 bits per heavy atom. The second-order valence-electron chi connectivity index (χ2n) is 8.74. The molecule has 0 spiro atoms. The minimum atomic E-state index is -0.248. The number of nitrogens with zero attached hydrogens (tertiary/aromatic N) is 1. The molecule has 1 atom stereocenters. The van der Waals surface area contributed by atoms with E-state index in [1.165, 1.54) is 6.08 Å². The van der Waals surface area contributed by atoms with Gasteiger partial charge in [0.1, 0.15) is 6.54 Å². The van der Waals surface area contributed by atoms with E-state index in [9.17, 15) is 9.59 Å². The van der Waals surface area contributed by atoms with Crippen LogP contribution in [0.3, 0.4) is 0 Å². The van der Waals surface area contributed by atoms with Gasteiger partial charge in [0.05, 0.1) is 19.8 Å². The van der Waals surface area contributed by atoms with Gasteiger partial charge in [-0.15, -0.1) is 0 Å². The molecule has 1 aliphatic heterocycles. The van der Waals surface area contributed by atoms with E-state index < -0.39 is 0 Å². The van der Waals surface area contributed by atoms with Crippen LogP contribution in [-0.2, 0) is 14.3 Å². The van der Waals surface area contributed by atoms with Gasteiger partial charge in [-0.1, -0.05) is 25.1 Å². The van der Waals surface area contributed by atoms with E-state index in [1.54, 1.807) is 18.1 Å². The van der Waals surface area contributed by atoms with Crippen molar-refractivity contribution in [3.8, 4) is 11.5 Å². The van der Waals surface area contributed by atoms with Crippen LogP contribution in [0.25, 0.3) is 6.08 Å². The molecule has 35 heavy (non-hydrogen) atoms. The topological polar surface area (TPSA) is 77.1 Å². The molecular formula is C28H36N2O5. The van der Waals surface area contributed by atoms with Crippen LogP contribution in [-0.4, -0.2) is 56.2 Å². The zero-order chi connectivity index (χ0) is 25.2. The molecule has 1 unspecified atom stereocenters. The van der Waals surface area contributed by atoms with Gasteiger partial charge in [-0.2, -0.15) is 0 Å². The summed E-state index contributed by atoms with van der Waals surface area (Å²) >= 11 is 0. The van der Waals surface area contributed by atoms with E-state index in [0.29, 0.717) is 31.3 Å². The molecule has 0 saturated carbocycles. The first-order valence-electron chi connectivity index (χ1n) is 12.2. The standard InChI is InChI=1S/C28H36N2O5/c1-5-15-35-25-13-11-22(17-26(25)33-4)12-14-28(32)30(18-23-9-7-16-34-23)19-27(31)29-24-10-6-8-20(2)21(24)3/h6,8,10-14,17,23H,5,7,9,15-16,18-19H2,1-4H3,(H,29,31)/b14-12+. The van der Waals surface area contributed by atoms with E-state index in [0.717, 1.165) is 41.6 Å². The van der Waals surface area contributed by atoms with Gasteiger partial charge in [0.25, 0.3) is 0 Å². The van der Waals surface area contributed by atoms with Crippen LogP contribution in [0.4, 0.5) is 5.69 Å². The van der Waals surface area contributed by atoms with Gasteiger partial charge >= 0.3 is 0 Å². The number of aryl methyl sites for hydroxylation is 1. The lowest BCUT2D eigenvalue weighted by atomic mass is 10.1. The van der Waals surface area contributed by atoms with Gasteiger partial charge in [0.2, 0.25) is 11.8 Å². The average Bonchev–Trinajstić information content (AvgIpc) is 3.37. The Balaban J connectivity index is 1.71.